The van der Waals surface area contributed by atoms with E-state index in [-0.39, 0.29) is 30.8 Å². The van der Waals surface area contributed by atoms with Crippen LogP contribution in [-0.2, 0) is 11.2 Å². The number of halogens is 1. The van der Waals surface area contributed by atoms with Crippen LogP contribution in [-0.4, -0.2) is 23.7 Å². The van der Waals surface area contributed by atoms with Crippen molar-refractivity contribution in [3.05, 3.63) is 65.5 Å². The molecule has 1 amide bonds. The van der Waals surface area contributed by atoms with Crippen molar-refractivity contribution in [2.45, 2.75) is 38.9 Å². The summed E-state index contributed by atoms with van der Waals surface area (Å²) in [4.78, 5) is 11.9. The summed E-state index contributed by atoms with van der Waals surface area (Å²) >= 11 is 0. The lowest BCUT2D eigenvalue weighted by molar-refractivity contribution is -0.121. The first kappa shape index (κ1) is 18.9. The van der Waals surface area contributed by atoms with Crippen molar-refractivity contribution in [2.24, 2.45) is 0 Å². The summed E-state index contributed by atoms with van der Waals surface area (Å²) in [5, 5.41) is 12.9. The highest BCUT2D eigenvalue weighted by Gasteiger charge is 2.10. The van der Waals surface area contributed by atoms with E-state index < -0.39 is 6.10 Å². The van der Waals surface area contributed by atoms with E-state index in [9.17, 15) is 14.3 Å². The molecule has 5 heteroatoms. The van der Waals surface area contributed by atoms with E-state index in [1.165, 1.54) is 12.1 Å². The average Bonchev–Trinajstić information content (AvgIpc) is 2.58. The van der Waals surface area contributed by atoms with Crippen molar-refractivity contribution < 1.29 is 19.0 Å². The van der Waals surface area contributed by atoms with Gasteiger partial charge in [-0.3, -0.25) is 4.79 Å². The summed E-state index contributed by atoms with van der Waals surface area (Å²) < 4.78 is 18.6. The Bertz CT molecular complexity index is 686. The summed E-state index contributed by atoms with van der Waals surface area (Å²) in [5.41, 5.74) is 1.48. The van der Waals surface area contributed by atoms with Crippen molar-refractivity contribution in [2.75, 3.05) is 6.54 Å². The van der Waals surface area contributed by atoms with E-state index in [0.29, 0.717) is 12.0 Å². The number of amides is 1. The van der Waals surface area contributed by atoms with Gasteiger partial charge in [0.25, 0.3) is 0 Å². The molecule has 2 aromatic rings. The van der Waals surface area contributed by atoms with Crippen molar-refractivity contribution in [1.82, 2.24) is 5.32 Å². The fraction of sp³-hybridized carbons (Fsp3) is 0.350. The summed E-state index contributed by atoms with van der Waals surface area (Å²) in [6.45, 7) is 4.02. The highest BCUT2D eigenvalue weighted by atomic mass is 19.1. The molecular formula is C20H24FNO3. The van der Waals surface area contributed by atoms with Crippen LogP contribution in [0.3, 0.4) is 0 Å². The van der Waals surface area contributed by atoms with Crippen LogP contribution in [0.25, 0.3) is 0 Å². The number of benzene rings is 2. The first-order valence-electron chi connectivity index (χ1n) is 8.40. The molecule has 0 heterocycles. The largest absolute Gasteiger partial charge is 0.491 e. The topological polar surface area (TPSA) is 58.6 Å². The lowest BCUT2D eigenvalue weighted by atomic mass is 10.1. The second-order valence-electron chi connectivity index (χ2n) is 6.19. The third-order valence-electron chi connectivity index (χ3n) is 3.66. The van der Waals surface area contributed by atoms with Gasteiger partial charge in [0.15, 0.2) is 0 Å². The van der Waals surface area contributed by atoms with E-state index in [4.69, 9.17) is 4.74 Å². The smallest absolute Gasteiger partial charge is 0.220 e. The third-order valence-corrected chi connectivity index (χ3v) is 3.66. The predicted octanol–water partition coefficient (Wildman–Crippen LogP) is 3.40. The van der Waals surface area contributed by atoms with Gasteiger partial charge < -0.3 is 15.2 Å². The molecule has 0 saturated heterocycles. The molecule has 0 aliphatic rings. The average molecular weight is 345 g/mol. The highest BCUT2D eigenvalue weighted by molar-refractivity contribution is 5.76. The number of rotatable bonds is 8. The number of aryl methyl sites for hydroxylation is 1. The van der Waals surface area contributed by atoms with Gasteiger partial charge in [-0.1, -0.05) is 24.3 Å². The number of ether oxygens (including phenoxy) is 1. The van der Waals surface area contributed by atoms with Crippen LogP contribution < -0.4 is 10.1 Å². The van der Waals surface area contributed by atoms with Gasteiger partial charge in [-0.15, -0.1) is 0 Å². The van der Waals surface area contributed by atoms with Gasteiger partial charge in [0.1, 0.15) is 11.6 Å². The Morgan fingerprint density at radius 1 is 1.20 bits per heavy atom. The van der Waals surface area contributed by atoms with E-state index in [1.54, 1.807) is 36.4 Å². The van der Waals surface area contributed by atoms with Crippen molar-refractivity contribution in [3.8, 4) is 5.75 Å². The molecule has 0 bridgehead atoms. The molecule has 2 aromatic carbocycles. The minimum absolute atomic E-state index is 0.0909. The molecule has 0 aromatic heterocycles. The predicted molar refractivity (Wildman–Crippen MR) is 94.9 cm³/mol. The summed E-state index contributed by atoms with van der Waals surface area (Å²) in [5.74, 6) is 0.256. The van der Waals surface area contributed by atoms with Crippen LogP contribution in [0.1, 0.15) is 37.5 Å². The van der Waals surface area contributed by atoms with Gasteiger partial charge in [0.2, 0.25) is 5.91 Å². The van der Waals surface area contributed by atoms with Crippen LogP contribution in [0.5, 0.6) is 5.75 Å². The first-order valence-corrected chi connectivity index (χ1v) is 8.40. The molecule has 1 atom stereocenters. The standard InChI is InChI=1S/C20H24FNO3/c1-14(2)25-18-9-7-16(8-10-18)19(23)13-22-20(24)11-6-15-4-3-5-17(21)12-15/h3-5,7-10,12,14,19,23H,6,11,13H2,1-2H3,(H,22,24). The monoisotopic (exact) mass is 345 g/mol. The number of hydrogen-bond donors (Lipinski definition) is 2. The molecular weight excluding hydrogens is 321 g/mol. The third kappa shape index (κ3) is 6.55. The molecule has 0 fully saturated rings. The Morgan fingerprint density at radius 3 is 2.56 bits per heavy atom. The number of hydrogen-bond acceptors (Lipinski definition) is 3. The maximum atomic E-state index is 13.1. The van der Waals surface area contributed by atoms with Gasteiger partial charge in [-0.2, -0.15) is 0 Å². The van der Waals surface area contributed by atoms with Gasteiger partial charge in [-0.25, -0.2) is 4.39 Å². The summed E-state index contributed by atoms with van der Waals surface area (Å²) in [6.07, 6.45) is 0.0116. The zero-order valence-electron chi connectivity index (χ0n) is 14.5. The Hall–Kier alpha value is -2.40. The number of carbonyl (C=O) groups is 1. The molecule has 0 aliphatic carbocycles. The Kier molecular flexibility index (Phi) is 6.95. The zero-order chi connectivity index (χ0) is 18.2. The zero-order valence-corrected chi connectivity index (χ0v) is 14.5. The summed E-state index contributed by atoms with van der Waals surface area (Å²) in [6, 6.07) is 13.3. The van der Waals surface area contributed by atoms with Crippen LogP contribution in [0.4, 0.5) is 4.39 Å². The van der Waals surface area contributed by atoms with Gasteiger partial charge in [-0.05, 0) is 55.7 Å². The quantitative estimate of drug-likeness (QED) is 0.771. The summed E-state index contributed by atoms with van der Waals surface area (Å²) in [7, 11) is 0. The number of aliphatic hydroxyl groups is 1. The number of carbonyl (C=O) groups excluding carboxylic acids is 1. The molecule has 2 rings (SSSR count). The molecule has 0 aliphatic heterocycles. The molecule has 1 unspecified atom stereocenters. The van der Waals surface area contributed by atoms with Crippen molar-refractivity contribution in [1.29, 1.82) is 0 Å². The molecule has 134 valence electrons. The molecule has 0 radical (unpaired) electrons. The number of nitrogens with one attached hydrogen (secondary N) is 1. The first-order chi connectivity index (χ1) is 11.9. The maximum Gasteiger partial charge on any atom is 0.220 e. The normalized spacial score (nSPS) is 12.0. The lowest BCUT2D eigenvalue weighted by Crippen LogP contribution is -2.28. The van der Waals surface area contributed by atoms with Crippen LogP contribution in [0.2, 0.25) is 0 Å². The molecule has 25 heavy (non-hydrogen) atoms. The minimum atomic E-state index is -0.786. The minimum Gasteiger partial charge on any atom is -0.491 e. The molecule has 4 nitrogen and oxygen atoms in total. The van der Waals surface area contributed by atoms with Crippen LogP contribution in [0, 0.1) is 5.82 Å². The molecule has 2 N–H and O–H groups in total. The van der Waals surface area contributed by atoms with E-state index in [2.05, 4.69) is 5.32 Å². The van der Waals surface area contributed by atoms with E-state index in [0.717, 1.165) is 11.3 Å². The second kappa shape index (κ2) is 9.18. The fourth-order valence-corrected chi connectivity index (χ4v) is 2.41. The van der Waals surface area contributed by atoms with E-state index in [1.807, 2.05) is 13.8 Å². The lowest BCUT2D eigenvalue weighted by Gasteiger charge is -2.14. The SMILES string of the molecule is CC(C)Oc1ccc(C(O)CNC(=O)CCc2cccc(F)c2)cc1. The number of aliphatic hydroxyl groups excluding tert-OH is 1. The molecule has 0 spiro atoms. The fourth-order valence-electron chi connectivity index (χ4n) is 2.41. The molecule has 0 saturated carbocycles. The van der Waals surface area contributed by atoms with Gasteiger partial charge in [0, 0.05) is 13.0 Å². The Labute approximate surface area is 147 Å². The van der Waals surface area contributed by atoms with Crippen LogP contribution in [0.15, 0.2) is 48.5 Å². The maximum absolute atomic E-state index is 13.1. The van der Waals surface area contributed by atoms with Crippen LogP contribution >= 0.6 is 0 Å². The van der Waals surface area contributed by atoms with E-state index >= 15 is 0 Å². The van der Waals surface area contributed by atoms with Crippen molar-refractivity contribution in [3.63, 3.8) is 0 Å². The Morgan fingerprint density at radius 2 is 1.92 bits per heavy atom. The highest BCUT2D eigenvalue weighted by Crippen LogP contribution is 2.18. The second-order valence-corrected chi connectivity index (χ2v) is 6.19. The van der Waals surface area contributed by atoms with Gasteiger partial charge in [0.05, 0.1) is 12.2 Å². The van der Waals surface area contributed by atoms with Gasteiger partial charge >= 0.3 is 0 Å². The Balaban J connectivity index is 1.76. The van der Waals surface area contributed by atoms with Crippen molar-refractivity contribution >= 4 is 5.91 Å².